The Labute approximate surface area is 160 Å². The molecular formula is C17H20N4O3S2. The second kappa shape index (κ2) is 10.0. The molecule has 1 aromatic heterocycles. The van der Waals surface area contributed by atoms with Crippen LogP contribution in [0.5, 0.6) is 11.5 Å². The van der Waals surface area contributed by atoms with Gasteiger partial charge in [0.15, 0.2) is 16.7 Å². The summed E-state index contributed by atoms with van der Waals surface area (Å²) in [6.07, 6.45) is 1.36. The Morgan fingerprint density at radius 1 is 1.38 bits per heavy atom. The molecule has 1 aromatic carbocycles. The normalized spacial score (nSPS) is 10.9. The third-order valence-electron chi connectivity index (χ3n) is 3.08. The van der Waals surface area contributed by atoms with Gasteiger partial charge in [-0.05, 0) is 30.9 Å². The number of nitrogens with zero attached hydrogens (tertiary/aromatic N) is 3. The van der Waals surface area contributed by atoms with E-state index in [1.165, 1.54) is 25.1 Å². The molecule has 0 aliphatic carbocycles. The first-order valence-corrected chi connectivity index (χ1v) is 9.79. The number of hydrazone groups is 1. The van der Waals surface area contributed by atoms with Gasteiger partial charge in [0.05, 0.1) is 19.1 Å². The number of amides is 1. The fourth-order valence-corrected chi connectivity index (χ4v) is 3.40. The SMILES string of the molecule is CCSc1cc(C)nc(SCC(=O)N/N=C/c2cccc(OC)c2O)n1. The molecule has 7 nitrogen and oxygen atoms in total. The number of methoxy groups -OCH3 is 1. The zero-order chi connectivity index (χ0) is 18.9. The van der Waals surface area contributed by atoms with Crippen molar-refractivity contribution in [2.24, 2.45) is 5.10 Å². The molecule has 0 aliphatic heterocycles. The quantitative estimate of drug-likeness (QED) is 0.234. The summed E-state index contributed by atoms with van der Waals surface area (Å²) in [5.74, 6) is 1.08. The number of aryl methyl sites for hydroxylation is 1. The summed E-state index contributed by atoms with van der Waals surface area (Å²) in [6, 6.07) is 6.94. The molecular weight excluding hydrogens is 372 g/mol. The van der Waals surface area contributed by atoms with Crippen LogP contribution in [0.2, 0.25) is 0 Å². The van der Waals surface area contributed by atoms with Crippen LogP contribution in [0.25, 0.3) is 0 Å². The van der Waals surface area contributed by atoms with Crippen LogP contribution in [-0.2, 0) is 4.79 Å². The molecule has 138 valence electrons. The van der Waals surface area contributed by atoms with E-state index in [9.17, 15) is 9.90 Å². The predicted molar refractivity (Wildman–Crippen MR) is 104 cm³/mol. The predicted octanol–water partition coefficient (Wildman–Crippen LogP) is 2.85. The molecule has 0 aliphatic rings. The number of rotatable bonds is 8. The Balaban J connectivity index is 1.90. The number of benzene rings is 1. The molecule has 1 heterocycles. The molecule has 0 unspecified atom stereocenters. The van der Waals surface area contributed by atoms with E-state index in [0.29, 0.717) is 16.5 Å². The summed E-state index contributed by atoms with van der Waals surface area (Å²) < 4.78 is 5.02. The topological polar surface area (TPSA) is 96.7 Å². The lowest BCUT2D eigenvalue weighted by Gasteiger charge is -2.05. The molecule has 0 saturated heterocycles. The van der Waals surface area contributed by atoms with Gasteiger partial charge in [0.2, 0.25) is 0 Å². The van der Waals surface area contributed by atoms with Crippen LogP contribution in [0.3, 0.4) is 0 Å². The fourth-order valence-electron chi connectivity index (χ4n) is 1.94. The minimum absolute atomic E-state index is 0.0310. The maximum Gasteiger partial charge on any atom is 0.250 e. The number of phenols is 1. The van der Waals surface area contributed by atoms with Gasteiger partial charge in [-0.3, -0.25) is 4.79 Å². The molecule has 2 aromatic rings. The number of hydrogen-bond acceptors (Lipinski definition) is 8. The highest BCUT2D eigenvalue weighted by Gasteiger charge is 2.08. The van der Waals surface area contributed by atoms with Crippen molar-refractivity contribution in [3.63, 3.8) is 0 Å². The number of thioether (sulfide) groups is 2. The van der Waals surface area contributed by atoms with Gasteiger partial charge in [0.1, 0.15) is 5.03 Å². The molecule has 2 rings (SSSR count). The monoisotopic (exact) mass is 392 g/mol. The van der Waals surface area contributed by atoms with E-state index in [1.54, 1.807) is 30.0 Å². The molecule has 0 fully saturated rings. The Bertz CT molecular complexity index is 800. The van der Waals surface area contributed by atoms with Gasteiger partial charge in [0, 0.05) is 11.3 Å². The minimum Gasteiger partial charge on any atom is -0.504 e. The van der Waals surface area contributed by atoms with E-state index in [0.717, 1.165) is 16.5 Å². The summed E-state index contributed by atoms with van der Waals surface area (Å²) >= 11 is 2.88. The first-order chi connectivity index (χ1) is 12.5. The first kappa shape index (κ1) is 20.1. The third-order valence-corrected chi connectivity index (χ3v) is 4.72. The van der Waals surface area contributed by atoms with Crippen molar-refractivity contribution >= 4 is 35.6 Å². The van der Waals surface area contributed by atoms with E-state index in [-0.39, 0.29) is 17.4 Å². The van der Waals surface area contributed by atoms with Gasteiger partial charge < -0.3 is 9.84 Å². The Kier molecular flexibility index (Phi) is 7.73. The van der Waals surface area contributed by atoms with Crippen molar-refractivity contribution in [1.82, 2.24) is 15.4 Å². The van der Waals surface area contributed by atoms with Crippen molar-refractivity contribution in [2.45, 2.75) is 24.0 Å². The standard InChI is InChI=1S/C17H20N4O3S2/c1-4-25-15-8-11(2)19-17(20-15)26-10-14(22)21-18-9-12-6-5-7-13(24-3)16(12)23/h5-9,23H,4,10H2,1-3H3,(H,21,22)/b18-9+. The van der Waals surface area contributed by atoms with Crippen LogP contribution in [0, 0.1) is 6.92 Å². The van der Waals surface area contributed by atoms with Crippen LogP contribution in [0.4, 0.5) is 0 Å². The van der Waals surface area contributed by atoms with Gasteiger partial charge in [-0.1, -0.05) is 24.8 Å². The Morgan fingerprint density at radius 2 is 2.19 bits per heavy atom. The van der Waals surface area contributed by atoms with Crippen molar-refractivity contribution in [2.75, 3.05) is 18.6 Å². The van der Waals surface area contributed by atoms with Gasteiger partial charge in [-0.2, -0.15) is 5.10 Å². The van der Waals surface area contributed by atoms with Gasteiger partial charge in [0.25, 0.3) is 5.91 Å². The molecule has 0 saturated carbocycles. The second-order valence-corrected chi connectivity index (χ2v) is 7.27. The van der Waals surface area contributed by atoms with E-state index in [1.807, 2.05) is 13.0 Å². The van der Waals surface area contributed by atoms with Crippen LogP contribution in [0.1, 0.15) is 18.2 Å². The van der Waals surface area contributed by atoms with Crippen molar-refractivity contribution in [1.29, 1.82) is 0 Å². The highest BCUT2D eigenvalue weighted by Crippen LogP contribution is 2.27. The number of carbonyl (C=O) groups is 1. The number of ether oxygens (including phenoxy) is 1. The Morgan fingerprint density at radius 3 is 2.92 bits per heavy atom. The molecule has 0 bridgehead atoms. The van der Waals surface area contributed by atoms with Crippen LogP contribution < -0.4 is 10.2 Å². The zero-order valence-electron chi connectivity index (χ0n) is 14.7. The largest absolute Gasteiger partial charge is 0.504 e. The molecule has 0 radical (unpaired) electrons. The van der Waals surface area contributed by atoms with Crippen LogP contribution >= 0.6 is 23.5 Å². The highest BCUT2D eigenvalue weighted by molar-refractivity contribution is 8.00. The molecule has 0 spiro atoms. The summed E-state index contributed by atoms with van der Waals surface area (Å²) in [7, 11) is 1.47. The van der Waals surface area contributed by atoms with Crippen molar-refractivity contribution in [3.05, 3.63) is 35.5 Å². The lowest BCUT2D eigenvalue weighted by Crippen LogP contribution is -2.19. The maximum atomic E-state index is 11.9. The molecule has 26 heavy (non-hydrogen) atoms. The number of phenolic OH excluding ortho intramolecular Hbond substituents is 1. The van der Waals surface area contributed by atoms with Gasteiger partial charge in [-0.15, -0.1) is 11.8 Å². The minimum atomic E-state index is -0.288. The smallest absolute Gasteiger partial charge is 0.250 e. The summed E-state index contributed by atoms with van der Waals surface area (Å²) in [5, 5.41) is 15.3. The molecule has 0 atom stereocenters. The average Bonchev–Trinajstić information content (AvgIpc) is 2.61. The number of carbonyl (C=O) groups excluding carboxylic acids is 1. The average molecular weight is 393 g/mol. The zero-order valence-corrected chi connectivity index (χ0v) is 16.4. The van der Waals surface area contributed by atoms with Crippen molar-refractivity contribution < 1.29 is 14.6 Å². The van der Waals surface area contributed by atoms with Crippen molar-refractivity contribution in [3.8, 4) is 11.5 Å². The van der Waals surface area contributed by atoms with Gasteiger partial charge >= 0.3 is 0 Å². The Hall–Kier alpha value is -2.26. The fraction of sp³-hybridized carbons (Fsp3) is 0.294. The number of para-hydroxylation sites is 1. The maximum absolute atomic E-state index is 11.9. The van der Waals surface area contributed by atoms with Crippen LogP contribution in [-0.4, -0.2) is 45.8 Å². The number of aromatic nitrogens is 2. The summed E-state index contributed by atoms with van der Waals surface area (Å²) in [5.41, 5.74) is 3.73. The number of hydrogen-bond donors (Lipinski definition) is 2. The lowest BCUT2D eigenvalue weighted by atomic mass is 10.2. The second-order valence-electron chi connectivity index (χ2n) is 5.04. The van der Waals surface area contributed by atoms with Crippen LogP contribution in [0.15, 0.2) is 39.5 Å². The highest BCUT2D eigenvalue weighted by atomic mass is 32.2. The van der Waals surface area contributed by atoms with E-state index >= 15 is 0 Å². The van der Waals surface area contributed by atoms with E-state index in [4.69, 9.17) is 4.74 Å². The first-order valence-electron chi connectivity index (χ1n) is 7.82. The van der Waals surface area contributed by atoms with E-state index < -0.39 is 0 Å². The molecule has 1 amide bonds. The lowest BCUT2D eigenvalue weighted by molar-refractivity contribution is -0.118. The van der Waals surface area contributed by atoms with Gasteiger partial charge in [-0.25, -0.2) is 15.4 Å². The molecule has 2 N–H and O–H groups in total. The number of nitrogens with one attached hydrogen (secondary N) is 1. The summed E-state index contributed by atoms with van der Waals surface area (Å²) in [6.45, 7) is 3.96. The van der Waals surface area contributed by atoms with E-state index in [2.05, 4.69) is 27.4 Å². The number of aromatic hydroxyl groups is 1. The third kappa shape index (κ3) is 5.92. The summed E-state index contributed by atoms with van der Waals surface area (Å²) in [4.78, 5) is 20.6. The molecule has 9 heteroatoms.